The number of H-pyrrole nitrogens is 1. The summed E-state index contributed by atoms with van der Waals surface area (Å²) in [5.74, 6) is 0.635. The Kier molecular flexibility index (Phi) is 5.39. The molecule has 2 unspecified atom stereocenters. The standard InChI is InChI=1S/C25H26FN9O/c1-34-12-20(29-13-34)25(36)31-16-5-3-4-15(9-16)30-22-17-6-7-35(2)24(17)33-23(32-22)19-11-28-21-18(19)8-14(26)10-27-21/h6-8,10-13,15-16H,3-5,9H2,1-2H3,(H,27,28)(H,31,36)(H,30,32,33). The summed E-state index contributed by atoms with van der Waals surface area (Å²) in [5.41, 5.74) is 2.46. The number of imidazole rings is 1. The number of aromatic nitrogens is 7. The molecule has 5 aromatic rings. The molecule has 3 N–H and O–H groups in total. The summed E-state index contributed by atoms with van der Waals surface area (Å²) in [6, 6.07) is 3.60. The summed E-state index contributed by atoms with van der Waals surface area (Å²) < 4.78 is 17.6. The maximum absolute atomic E-state index is 13.9. The molecule has 0 radical (unpaired) electrons. The second-order valence-corrected chi connectivity index (χ2v) is 9.41. The Morgan fingerprint density at radius 1 is 1.17 bits per heavy atom. The van der Waals surface area contributed by atoms with Gasteiger partial charge in [-0.15, -0.1) is 0 Å². The third-order valence-electron chi connectivity index (χ3n) is 6.75. The van der Waals surface area contributed by atoms with Crippen LogP contribution in [0, 0.1) is 5.82 Å². The monoisotopic (exact) mass is 487 g/mol. The van der Waals surface area contributed by atoms with Crippen molar-refractivity contribution >= 4 is 33.8 Å². The zero-order chi connectivity index (χ0) is 24.8. The number of pyridine rings is 1. The van der Waals surface area contributed by atoms with Crippen LogP contribution in [0.15, 0.2) is 43.2 Å². The van der Waals surface area contributed by atoms with Gasteiger partial charge in [-0.25, -0.2) is 24.3 Å². The number of carbonyl (C=O) groups is 1. The van der Waals surface area contributed by atoms with E-state index < -0.39 is 5.82 Å². The molecule has 184 valence electrons. The number of carbonyl (C=O) groups excluding carboxylic acids is 1. The largest absolute Gasteiger partial charge is 0.367 e. The minimum absolute atomic E-state index is 0.0426. The van der Waals surface area contributed by atoms with Gasteiger partial charge in [0, 0.05) is 55.7 Å². The Hall–Kier alpha value is -4.28. The van der Waals surface area contributed by atoms with Crippen LogP contribution in [0.25, 0.3) is 33.5 Å². The van der Waals surface area contributed by atoms with Crippen LogP contribution in [0.5, 0.6) is 0 Å². The van der Waals surface area contributed by atoms with Gasteiger partial charge >= 0.3 is 0 Å². The van der Waals surface area contributed by atoms with Crippen LogP contribution in [-0.2, 0) is 14.1 Å². The van der Waals surface area contributed by atoms with E-state index in [4.69, 9.17) is 9.97 Å². The van der Waals surface area contributed by atoms with E-state index in [0.29, 0.717) is 28.1 Å². The fourth-order valence-corrected chi connectivity index (χ4v) is 4.96. The molecule has 0 aromatic carbocycles. The number of halogens is 1. The molecule has 0 aliphatic heterocycles. The topological polar surface area (TPSA) is 118 Å². The van der Waals surface area contributed by atoms with Crippen molar-refractivity contribution in [2.75, 3.05) is 5.32 Å². The molecule has 1 saturated carbocycles. The van der Waals surface area contributed by atoms with E-state index >= 15 is 0 Å². The molecule has 10 nitrogen and oxygen atoms in total. The lowest BCUT2D eigenvalue weighted by Crippen LogP contribution is -2.42. The Labute approximate surface area is 206 Å². The number of aromatic amines is 1. The second kappa shape index (κ2) is 8.74. The lowest BCUT2D eigenvalue weighted by atomic mass is 9.90. The first kappa shape index (κ1) is 22.2. The highest BCUT2D eigenvalue weighted by atomic mass is 19.1. The molecule has 2 atom stereocenters. The summed E-state index contributed by atoms with van der Waals surface area (Å²) in [7, 11) is 3.77. The quantitative estimate of drug-likeness (QED) is 0.349. The Morgan fingerprint density at radius 3 is 2.86 bits per heavy atom. The molecule has 5 heterocycles. The van der Waals surface area contributed by atoms with E-state index in [0.717, 1.165) is 42.5 Å². The molecule has 11 heteroatoms. The summed E-state index contributed by atoms with van der Waals surface area (Å²) in [4.78, 5) is 33.6. The number of rotatable bonds is 5. The zero-order valence-electron chi connectivity index (χ0n) is 20.0. The van der Waals surface area contributed by atoms with Gasteiger partial charge in [0.15, 0.2) is 5.82 Å². The zero-order valence-corrected chi connectivity index (χ0v) is 20.0. The predicted octanol–water partition coefficient (Wildman–Crippen LogP) is 3.54. The van der Waals surface area contributed by atoms with Crippen LogP contribution < -0.4 is 10.6 Å². The van der Waals surface area contributed by atoms with E-state index in [1.807, 2.05) is 30.9 Å². The summed E-state index contributed by atoms with van der Waals surface area (Å²) >= 11 is 0. The lowest BCUT2D eigenvalue weighted by molar-refractivity contribution is 0.0921. The molecule has 1 aliphatic carbocycles. The first-order chi connectivity index (χ1) is 17.4. The number of amides is 1. The minimum Gasteiger partial charge on any atom is -0.367 e. The maximum atomic E-state index is 13.9. The van der Waals surface area contributed by atoms with Crippen LogP contribution in [0.4, 0.5) is 10.2 Å². The van der Waals surface area contributed by atoms with Crippen molar-refractivity contribution in [2.24, 2.45) is 14.1 Å². The number of aryl methyl sites for hydroxylation is 2. The van der Waals surface area contributed by atoms with Crippen LogP contribution >= 0.6 is 0 Å². The average Bonchev–Trinajstić information content (AvgIpc) is 3.58. The highest BCUT2D eigenvalue weighted by molar-refractivity contribution is 5.95. The summed E-state index contributed by atoms with van der Waals surface area (Å²) in [5, 5.41) is 8.27. The van der Waals surface area contributed by atoms with Gasteiger partial charge in [-0.05, 0) is 37.8 Å². The SMILES string of the molecule is Cn1cnc(C(=O)NC2CCCC(Nc3nc(-c4c[nH]c5ncc(F)cc45)nc4c3ccn4C)C2)c1. The second-order valence-electron chi connectivity index (χ2n) is 9.41. The van der Waals surface area contributed by atoms with Crippen LogP contribution in [0.1, 0.15) is 36.2 Å². The van der Waals surface area contributed by atoms with Gasteiger partial charge in [0.2, 0.25) is 0 Å². The van der Waals surface area contributed by atoms with Crippen LogP contribution in [0.3, 0.4) is 0 Å². The fraction of sp³-hybridized carbons (Fsp3) is 0.320. The molecule has 0 bridgehead atoms. The van der Waals surface area contributed by atoms with Crippen LogP contribution in [-0.4, -0.2) is 52.0 Å². The van der Waals surface area contributed by atoms with Gasteiger partial charge in [0.05, 0.1) is 17.9 Å². The third kappa shape index (κ3) is 4.06. The maximum Gasteiger partial charge on any atom is 0.271 e. The lowest BCUT2D eigenvalue weighted by Gasteiger charge is -2.30. The normalized spacial score (nSPS) is 18.1. The first-order valence-electron chi connectivity index (χ1n) is 12.0. The number of fused-ring (bicyclic) bond motifs is 2. The summed E-state index contributed by atoms with van der Waals surface area (Å²) in [6.07, 6.45) is 11.9. The Bertz CT molecular complexity index is 1580. The van der Waals surface area contributed by atoms with Crippen molar-refractivity contribution in [1.29, 1.82) is 0 Å². The van der Waals surface area contributed by atoms with Crippen molar-refractivity contribution < 1.29 is 9.18 Å². The summed E-state index contributed by atoms with van der Waals surface area (Å²) in [6.45, 7) is 0. The van der Waals surface area contributed by atoms with Gasteiger partial charge in [-0.3, -0.25) is 4.79 Å². The molecule has 36 heavy (non-hydrogen) atoms. The molecule has 5 aromatic heterocycles. The van der Waals surface area contributed by atoms with E-state index in [1.54, 1.807) is 23.3 Å². The van der Waals surface area contributed by atoms with E-state index in [-0.39, 0.29) is 18.0 Å². The number of hydrogen-bond acceptors (Lipinski definition) is 6. The molecular formula is C25H26FN9O. The molecule has 1 fully saturated rings. The number of anilines is 1. The molecule has 0 saturated heterocycles. The van der Waals surface area contributed by atoms with Crippen molar-refractivity contribution in [2.45, 2.75) is 37.8 Å². The van der Waals surface area contributed by atoms with Crippen LogP contribution in [0.2, 0.25) is 0 Å². The number of hydrogen-bond donors (Lipinski definition) is 3. The molecule has 0 spiro atoms. The highest BCUT2D eigenvalue weighted by Gasteiger charge is 2.26. The smallest absolute Gasteiger partial charge is 0.271 e. The Balaban J connectivity index is 1.28. The van der Waals surface area contributed by atoms with E-state index in [2.05, 4.69) is 25.6 Å². The molecule has 6 rings (SSSR count). The number of nitrogens with one attached hydrogen (secondary N) is 3. The van der Waals surface area contributed by atoms with Crippen molar-refractivity contribution in [3.8, 4) is 11.4 Å². The minimum atomic E-state index is -0.414. The molecule has 1 amide bonds. The van der Waals surface area contributed by atoms with Crippen molar-refractivity contribution in [1.82, 2.24) is 39.4 Å². The van der Waals surface area contributed by atoms with Gasteiger partial charge in [-0.2, -0.15) is 0 Å². The predicted molar refractivity (Wildman–Crippen MR) is 134 cm³/mol. The Morgan fingerprint density at radius 2 is 2.03 bits per heavy atom. The highest BCUT2D eigenvalue weighted by Crippen LogP contribution is 2.31. The average molecular weight is 488 g/mol. The van der Waals surface area contributed by atoms with E-state index in [9.17, 15) is 9.18 Å². The van der Waals surface area contributed by atoms with Gasteiger partial charge in [-0.1, -0.05) is 0 Å². The first-order valence-corrected chi connectivity index (χ1v) is 12.0. The van der Waals surface area contributed by atoms with Crippen molar-refractivity contribution in [3.63, 3.8) is 0 Å². The fourth-order valence-electron chi connectivity index (χ4n) is 4.96. The van der Waals surface area contributed by atoms with Gasteiger partial charge in [0.1, 0.15) is 28.6 Å². The third-order valence-corrected chi connectivity index (χ3v) is 6.75. The molecular weight excluding hydrogens is 461 g/mol. The van der Waals surface area contributed by atoms with E-state index in [1.165, 1.54) is 12.3 Å². The van der Waals surface area contributed by atoms with Gasteiger partial charge in [0.25, 0.3) is 5.91 Å². The van der Waals surface area contributed by atoms with Gasteiger partial charge < -0.3 is 24.8 Å². The van der Waals surface area contributed by atoms with Crippen molar-refractivity contribution in [3.05, 3.63) is 54.8 Å². The number of nitrogens with zero attached hydrogens (tertiary/aromatic N) is 6. The molecule has 1 aliphatic rings.